The maximum atomic E-state index is 5.47. The van der Waals surface area contributed by atoms with Gasteiger partial charge in [0.05, 0.1) is 6.04 Å². The van der Waals surface area contributed by atoms with Gasteiger partial charge in [0.15, 0.2) is 0 Å². The van der Waals surface area contributed by atoms with Crippen LogP contribution < -0.4 is 5.73 Å². The van der Waals surface area contributed by atoms with Gasteiger partial charge in [0, 0.05) is 12.7 Å². The van der Waals surface area contributed by atoms with Crippen molar-refractivity contribution in [2.45, 2.75) is 12.5 Å². The van der Waals surface area contributed by atoms with Crippen LogP contribution in [0.25, 0.3) is 0 Å². The predicted molar refractivity (Wildman–Crippen MR) is 49.9 cm³/mol. The summed E-state index contributed by atoms with van der Waals surface area (Å²) in [5, 5.41) is 0. The molecule has 0 amide bonds. The van der Waals surface area contributed by atoms with Crippen LogP contribution in [-0.2, 0) is 0 Å². The minimum atomic E-state index is 0.400. The summed E-state index contributed by atoms with van der Waals surface area (Å²) in [6.07, 6.45) is 9.14. The van der Waals surface area contributed by atoms with E-state index in [1.54, 1.807) is 0 Å². The van der Waals surface area contributed by atoms with Crippen molar-refractivity contribution in [1.29, 1.82) is 0 Å². The van der Waals surface area contributed by atoms with E-state index in [-0.39, 0.29) is 0 Å². The largest absolute Gasteiger partial charge is 0.331 e. The number of aliphatic imine (C=N–C) groups is 1. The second kappa shape index (κ2) is 3.11. The van der Waals surface area contributed by atoms with Crippen LogP contribution in [-0.4, -0.2) is 29.9 Å². The fraction of sp³-hybridized carbons (Fsp3) is 0.444. The molecule has 0 radical (unpaired) electrons. The molecule has 0 spiro atoms. The first kappa shape index (κ1) is 7.55. The van der Waals surface area contributed by atoms with E-state index in [1.807, 2.05) is 18.2 Å². The molecule has 2 aliphatic heterocycles. The number of nitrogens with two attached hydrogens (primary N) is 1. The molecule has 2 heterocycles. The lowest BCUT2D eigenvalue weighted by Crippen LogP contribution is -2.24. The third-order valence-electron chi connectivity index (χ3n) is 2.14. The lowest BCUT2D eigenvalue weighted by Gasteiger charge is -2.15. The van der Waals surface area contributed by atoms with Crippen molar-refractivity contribution in [2.24, 2.45) is 10.7 Å². The molecular formula is C9H13N3. The average molecular weight is 163 g/mol. The molecule has 3 nitrogen and oxygen atoms in total. The Labute approximate surface area is 72.3 Å². The van der Waals surface area contributed by atoms with Gasteiger partial charge in [-0.2, -0.15) is 0 Å². The average Bonchev–Trinajstić information content (AvgIpc) is 2.47. The summed E-state index contributed by atoms with van der Waals surface area (Å²) in [5.41, 5.74) is 5.47. The van der Waals surface area contributed by atoms with Gasteiger partial charge >= 0.3 is 0 Å². The van der Waals surface area contributed by atoms with E-state index in [4.69, 9.17) is 5.73 Å². The summed E-state index contributed by atoms with van der Waals surface area (Å²) in [6.45, 7) is 1.72. The van der Waals surface area contributed by atoms with Gasteiger partial charge in [-0.3, -0.25) is 4.99 Å². The Morgan fingerprint density at radius 2 is 2.50 bits per heavy atom. The monoisotopic (exact) mass is 163 g/mol. The van der Waals surface area contributed by atoms with Gasteiger partial charge in [-0.15, -0.1) is 0 Å². The van der Waals surface area contributed by atoms with Gasteiger partial charge in [-0.1, -0.05) is 6.08 Å². The van der Waals surface area contributed by atoms with E-state index in [9.17, 15) is 0 Å². The van der Waals surface area contributed by atoms with Crippen molar-refractivity contribution in [1.82, 2.24) is 4.90 Å². The van der Waals surface area contributed by atoms with Crippen LogP contribution >= 0.6 is 0 Å². The van der Waals surface area contributed by atoms with E-state index in [1.165, 1.54) is 0 Å². The molecular weight excluding hydrogens is 150 g/mol. The second-order valence-corrected chi connectivity index (χ2v) is 3.07. The lowest BCUT2D eigenvalue weighted by atomic mass is 10.2. The number of rotatable bonds is 2. The number of hydrogen-bond donors (Lipinski definition) is 1. The number of amidine groups is 1. The molecule has 0 saturated carbocycles. The van der Waals surface area contributed by atoms with Crippen LogP contribution in [0, 0.1) is 0 Å². The van der Waals surface area contributed by atoms with Gasteiger partial charge in [0.2, 0.25) is 0 Å². The second-order valence-electron chi connectivity index (χ2n) is 3.07. The van der Waals surface area contributed by atoms with Gasteiger partial charge in [0.25, 0.3) is 0 Å². The summed E-state index contributed by atoms with van der Waals surface area (Å²) in [5.74, 6) is 1.08. The van der Waals surface area contributed by atoms with Crippen molar-refractivity contribution in [3.63, 3.8) is 0 Å². The molecule has 64 valence electrons. The maximum absolute atomic E-state index is 5.47. The van der Waals surface area contributed by atoms with Crippen LogP contribution in [0.3, 0.4) is 0 Å². The first-order chi connectivity index (χ1) is 5.90. The minimum Gasteiger partial charge on any atom is -0.331 e. The zero-order valence-electron chi connectivity index (χ0n) is 6.98. The molecule has 3 heteroatoms. The third kappa shape index (κ3) is 1.28. The number of hydrogen-bond acceptors (Lipinski definition) is 3. The van der Waals surface area contributed by atoms with E-state index in [0.717, 1.165) is 25.3 Å². The summed E-state index contributed by atoms with van der Waals surface area (Å²) >= 11 is 0. The van der Waals surface area contributed by atoms with Crippen LogP contribution in [0.2, 0.25) is 0 Å². The highest BCUT2D eigenvalue weighted by molar-refractivity contribution is 5.96. The Bertz CT molecular complexity index is 252. The van der Waals surface area contributed by atoms with Gasteiger partial charge < -0.3 is 10.6 Å². The number of fused-ring (bicyclic) bond motifs is 1. The number of nitrogens with zero attached hydrogens (tertiary/aromatic N) is 2. The minimum absolute atomic E-state index is 0.400. The smallest absolute Gasteiger partial charge is 0.127 e. The molecule has 0 fully saturated rings. The fourth-order valence-electron chi connectivity index (χ4n) is 1.54. The molecule has 0 unspecified atom stereocenters. The molecule has 12 heavy (non-hydrogen) atoms. The molecule has 0 aromatic heterocycles. The molecule has 0 saturated heterocycles. The van der Waals surface area contributed by atoms with Gasteiger partial charge in [-0.05, 0) is 25.1 Å². The van der Waals surface area contributed by atoms with Crippen LogP contribution in [0.5, 0.6) is 0 Å². The molecule has 0 aromatic rings. The zero-order chi connectivity index (χ0) is 8.39. The standard InChI is InChI=1S/C9H13N3/c10-5-4-8-7-12-6-2-1-3-9(12)11-8/h1-3,6,8H,4-5,7,10H2/t8-/m1/s1. The quantitative estimate of drug-likeness (QED) is 0.644. The Hall–Kier alpha value is -1.09. The van der Waals surface area contributed by atoms with Crippen LogP contribution in [0.4, 0.5) is 0 Å². The van der Waals surface area contributed by atoms with E-state index in [0.29, 0.717) is 6.04 Å². The SMILES string of the molecule is NCC[C@@H]1CN2C=CC=CC2=N1. The van der Waals surface area contributed by atoms with E-state index >= 15 is 0 Å². The maximum Gasteiger partial charge on any atom is 0.127 e. The number of allylic oxidation sites excluding steroid dienone is 2. The first-order valence-electron chi connectivity index (χ1n) is 4.29. The Morgan fingerprint density at radius 1 is 1.58 bits per heavy atom. The Morgan fingerprint density at radius 3 is 3.25 bits per heavy atom. The van der Waals surface area contributed by atoms with Crippen LogP contribution in [0.1, 0.15) is 6.42 Å². The third-order valence-corrected chi connectivity index (χ3v) is 2.14. The van der Waals surface area contributed by atoms with E-state index < -0.39 is 0 Å². The molecule has 2 rings (SSSR count). The molecule has 0 bridgehead atoms. The van der Waals surface area contributed by atoms with Gasteiger partial charge in [-0.25, -0.2) is 0 Å². The van der Waals surface area contributed by atoms with Crippen LogP contribution in [0.15, 0.2) is 29.4 Å². The lowest BCUT2D eigenvalue weighted by molar-refractivity contribution is 0.519. The highest BCUT2D eigenvalue weighted by Gasteiger charge is 2.21. The van der Waals surface area contributed by atoms with Crippen molar-refractivity contribution in [2.75, 3.05) is 13.1 Å². The summed E-state index contributed by atoms with van der Waals surface area (Å²) in [7, 11) is 0. The molecule has 1 atom stereocenters. The van der Waals surface area contributed by atoms with Crippen molar-refractivity contribution >= 4 is 5.84 Å². The zero-order valence-corrected chi connectivity index (χ0v) is 6.98. The van der Waals surface area contributed by atoms with Crippen molar-refractivity contribution < 1.29 is 0 Å². The Balaban J connectivity index is 2.07. The first-order valence-corrected chi connectivity index (χ1v) is 4.29. The van der Waals surface area contributed by atoms with Crippen molar-refractivity contribution in [3.05, 3.63) is 24.4 Å². The molecule has 0 aromatic carbocycles. The topological polar surface area (TPSA) is 41.6 Å². The predicted octanol–water partition coefficient (Wildman–Crippen LogP) is 0.501. The summed E-state index contributed by atoms with van der Waals surface area (Å²) < 4.78 is 0. The molecule has 2 N–H and O–H groups in total. The van der Waals surface area contributed by atoms with Crippen molar-refractivity contribution in [3.8, 4) is 0 Å². The fourth-order valence-corrected chi connectivity index (χ4v) is 1.54. The van der Waals surface area contributed by atoms with Gasteiger partial charge in [0.1, 0.15) is 5.84 Å². The highest BCUT2D eigenvalue weighted by atomic mass is 15.2. The molecule has 2 aliphatic rings. The highest BCUT2D eigenvalue weighted by Crippen LogP contribution is 2.15. The molecule has 0 aliphatic carbocycles. The summed E-state index contributed by atoms with van der Waals surface area (Å²) in [4.78, 5) is 6.69. The van der Waals surface area contributed by atoms with E-state index in [2.05, 4.69) is 16.1 Å². The Kier molecular flexibility index (Phi) is 1.96. The normalized spacial score (nSPS) is 25.9. The summed E-state index contributed by atoms with van der Waals surface area (Å²) in [6, 6.07) is 0.400.